The van der Waals surface area contributed by atoms with Gasteiger partial charge in [0.25, 0.3) is 5.91 Å². The van der Waals surface area contributed by atoms with Crippen LogP contribution in [-0.4, -0.2) is 45.5 Å². The van der Waals surface area contributed by atoms with E-state index in [1.165, 1.54) is 12.3 Å². The lowest BCUT2D eigenvalue weighted by Crippen LogP contribution is -2.56. The summed E-state index contributed by atoms with van der Waals surface area (Å²) in [4.78, 5) is 29.4. The van der Waals surface area contributed by atoms with Crippen molar-refractivity contribution in [1.82, 2.24) is 14.5 Å². The van der Waals surface area contributed by atoms with Crippen LogP contribution < -0.4 is 10.5 Å². The number of ether oxygens (including phenoxy) is 1. The molecule has 3 aromatic rings. The fourth-order valence-corrected chi connectivity index (χ4v) is 3.37. The number of carbonyl (C=O) groups excluding carboxylic acids is 2. The molecule has 0 aliphatic carbocycles. The van der Waals surface area contributed by atoms with E-state index < -0.39 is 5.91 Å². The third-order valence-corrected chi connectivity index (χ3v) is 4.81. The van der Waals surface area contributed by atoms with Crippen molar-refractivity contribution < 1.29 is 14.3 Å². The molecule has 27 heavy (non-hydrogen) atoms. The number of aryl methyl sites for hydroxylation is 1. The normalized spacial score (nSPS) is 14.2. The van der Waals surface area contributed by atoms with Crippen molar-refractivity contribution in [3.63, 3.8) is 0 Å². The van der Waals surface area contributed by atoms with Crippen LogP contribution in [0.5, 0.6) is 5.75 Å². The largest absolute Gasteiger partial charge is 0.487 e. The summed E-state index contributed by atoms with van der Waals surface area (Å²) in [6.07, 6.45) is 3.77. The molecule has 0 atom stereocenters. The molecule has 0 radical (unpaired) electrons. The number of nitrogens with zero attached hydrogens (tertiary/aromatic N) is 3. The Bertz CT molecular complexity index is 1020. The number of benzene rings is 1. The second kappa shape index (κ2) is 6.75. The predicted octanol–water partition coefficient (Wildman–Crippen LogP) is 1.50. The Morgan fingerprint density at radius 2 is 2.04 bits per heavy atom. The summed E-state index contributed by atoms with van der Waals surface area (Å²) >= 11 is 0. The van der Waals surface area contributed by atoms with Crippen LogP contribution in [0.4, 0.5) is 0 Å². The van der Waals surface area contributed by atoms with Crippen molar-refractivity contribution in [2.75, 3.05) is 13.1 Å². The standard InChI is InChI=1S/C20H20N4O3/c1-23-10-13(16-4-2-3-5-18(16)23)8-19(25)24-11-15(12-24)27-14-6-7-22-17(9-14)20(21)26/h2-7,9-10,15H,8,11-12H2,1H3,(H2,21,26). The minimum absolute atomic E-state index is 0.0822. The SMILES string of the molecule is Cn1cc(CC(=O)N2CC(Oc3ccnc(C(N)=O)c3)C2)c2ccccc21. The molecular formula is C20H20N4O3. The van der Waals surface area contributed by atoms with Gasteiger partial charge in [0, 0.05) is 36.4 Å². The van der Waals surface area contributed by atoms with Gasteiger partial charge in [-0.25, -0.2) is 0 Å². The number of fused-ring (bicyclic) bond motifs is 1. The summed E-state index contributed by atoms with van der Waals surface area (Å²) in [5.74, 6) is 0.0182. The monoisotopic (exact) mass is 364 g/mol. The zero-order chi connectivity index (χ0) is 19.0. The van der Waals surface area contributed by atoms with Gasteiger partial charge in [-0.2, -0.15) is 0 Å². The molecule has 1 fully saturated rings. The number of likely N-dealkylation sites (tertiary alicyclic amines) is 1. The average molecular weight is 364 g/mol. The summed E-state index contributed by atoms with van der Waals surface area (Å²) in [6, 6.07) is 11.3. The lowest BCUT2D eigenvalue weighted by Gasteiger charge is -2.39. The topological polar surface area (TPSA) is 90.4 Å². The number of rotatable bonds is 5. The van der Waals surface area contributed by atoms with Crippen LogP contribution in [0.3, 0.4) is 0 Å². The third kappa shape index (κ3) is 3.36. The molecular weight excluding hydrogens is 344 g/mol. The zero-order valence-corrected chi connectivity index (χ0v) is 15.0. The van der Waals surface area contributed by atoms with Gasteiger partial charge in [-0.15, -0.1) is 0 Å². The smallest absolute Gasteiger partial charge is 0.267 e. The summed E-state index contributed by atoms with van der Waals surface area (Å²) < 4.78 is 7.84. The first-order chi connectivity index (χ1) is 13.0. The van der Waals surface area contributed by atoms with E-state index in [0.717, 1.165) is 16.5 Å². The molecule has 7 heteroatoms. The lowest BCUT2D eigenvalue weighted by atomic mass is 10.1. The molecule has 2 N–H and O–H groups in total. The number of hydrogen-bond donors (Lipinski definition) is 1. The number of primary amides is 1. The van der Waals surface area contributed by atoms with E-state index in [9.17, 15) is 9.59 Å². The zero-order valence-electron chi connectivity index (χ0n) is 15.0. The molecule has 4 rings (SSSR count). The Morgan fingerprint density at radius 1 is 1.26 bits per heavy atom. The number of carbonyl (C=O) groups is 2. The number of aromatic nitrogens is 2. The van der Waals surface area contributed by atoms with Crippen LogP contribution >= 0.6 is 0 Å². The highest BCUT2D eigenvalue weighted by molar-refractivity contribution is 5.91. The van der Waals surface area contributed by atoms with Crippen molar-refractivity contribution in [3.05, 3.63) is 60.0 Å². The average Bonchev–Trinajstić information content (AvgIpc) is 2.94. The maximum Gasteiger partial charge on any atom is 0.267 e. The van der Waals surface area contributed by atoms with Gasteiger partial charge in [0.1, 0.15) is 17.5 Å². The van der Waals surface area contributed by atoms with Crippen molar-refractivity contribution in [2.24, 2.45) is 12.8 Å². The predicted molar refractivity (Wildman–Crippen MR) is 100 cm³/mol. The van der Waals surface area contributed by atoms with Crippen molar-refractivity contribution in [3.8, 4) is 5.75 Å². The summed E-state index contributed by atoms with van der Waals surface area (Å²) in [7, 11) is 1.98. The van der Waals surface area contributed by atoms with Gasteiger partial charge in [-0.1, -0.05) is 18.2 Å². The molecule has 2 amide bonds. The number of nitrogens with two attached hydrogens (primary N) is 1. The second-order valence-corrected chi connectivity index (χ2v) is 6.74. The fourth-order valence-electron chi connectivity index (χ4n) is 3.37. The van der Waals surface area contributed by atoms with Crippen LogP contribution in [0.1, 0.15) is 16.1 Å². The van der Waals surface area contributed by atoms with Crippen LogP contribution in [0.2, 0.25) is 0 Å². The van der Waals surface area contributed by atoms with Gasteiger partial charge in [0.15, 0.2) is 0 Å². The van der Waals surface area contributed by atoms with Gasteiger partial charge in [0.2, 0.25) is 5.91 Å². The van der Waals surface area contributed by atoms with E-state index in [1.54, 1.807) is 11.0 Å². The first-order valence-corrected chi connectivity index (χ1v) is 8.74. The Morgan fingerprint density at radius 3 is 2.81 bits per heavy atom. The van der Waals surface area contributed by atoms with E-state index >= 15 is 0 Å². The summed E-state index contributed by atoms with van der Waals surface area (Å²) in [5, 5.41) is 1.11. The number of pyridine rings is 1. The van der Waals surface area contributed by atoms with Gasteiger partial charge in [-0.05, 0) is 17.7 Å². The molecule has 0 spiro atoms. The highest BCUT2D eigenvalue weighted by Gasteiger charge is 2.32. The highest BCUT2D eigenvalue weighted by Crippen LogP contribution is 2.23. The Labute approximate surface area is 156 Å². The molecule has 0 unspecified atom stereocenters. The highest BCUT2D eigenvalue weighted by atomic mass is 16.5. The maximum absolute atomic E-state index is 12.6. The van der Waals surface area contributed by atoms with E-state index in [0.29, 0.717) is 25.3 Å². The van der Waals surface area contributed by atoms with Crippen molar-refractivity contribution >= 4 is 22.7 Å². The second-order valence-electron chi connectivity index (χ2n) is 6.74. The van der Waals surface area contributed by atoms with Gasteiger partial charge >= 0.3 is 0 Å². The van der Waals surface area contributed by atoms with Crippen molar-refractivity contribution in [2.45, 2.75) is 12.5 Å². The van der Waals surface area contributed by atoms with Gasteiger partial charge in [0.05, 0.1) is 19.5 Å². The van der Waals surface area contributed by atoms with Gasteiger partial charge < -0.3 is 19.9 Å². The van der Waals surface area contributed by atoms with Crippen LogP contribution in [-0.2, 0) is 18.3 Å². The van der Waals surface area contributed by atoms with E-state index in [2.05, 4.69) is 4.98 Å². The number of hydrogen-bond acceptors (Lipinski definition) is 4. The molecule has 1 aliphatic rings. The Hall–Kier alpha value is -3.35. The lowest BCUT2D eigenvalue weighted by molar-refractivity contribution is -0.139. The molecule has 0 saturated carbocycles. The first kappa shape index (κ1) is 17.1. The molecule has 1 aromatic carbocycles. The minimum Gasteiger partial charge on any atom is -0.487 e. The molecule has 2 aromatic heterocycles. The van der Waals surface area contributed by atoms with Crippen molar-refractivity contribution in [1.29, 1.82) is 0 Å². The van der Waals surface area contributed by atoms with E-state index in [1.807, 2.05) is 42.1 Å². The van der Waals surface area contributed by atoms with Gasteiger partial charge in [-0.3, -0.25) is 14.6 Å². The number of para-hydroxylation sites is 1. The number of amides is 2. The molecule has 1 saturated heterocycles. The first-order valence-electron chi connectivity index (χ1n) is 8.74. The quantitative estimate of drug-likeness (QED) is 0.743. The van der Waals surface area contributed by atoms with E-state index in [-0.39, 0.29) is 17.7 Å². The molecule has 3 heterocycles. The molecule has 1 aliphatic heterocycles. The van der Waals surface area contributed by atoms with Crippen LogP contribution in [0.25, 0.3) is 10.9 Å². The van der Waals surface area contributed by atoms with E-state index in [4.69, 9.17) is 10.5 Å². The Balaban J connectivity index is 1.36. The summed E-state index contributed by atoms with van der Waals surface area (Å²) in [5.41, 5.74) is 7.54. The third-order valence-electron chi connectivity index (χ3n) is 4.81. The Kier molecular flexibility index (Phi) is 4.27. The minimum atomic E-state index is -0.596. The summed E-state index contributed by atoms with van der Waals surface area (Å²) in [6.45, 7) is 1.05. The van der Waals surface area contributed by atoms with Crippen LogP contribution in [0.15, 0.2) is 48.8 Å². The molecule has 0 bridgehead atoms. The molecule has 138 valence electrons. The maximum atomic E-state index is 12.6. The fraction of sp³-hybridized carbons (Fsp3) is 0.250. The van der Waals surface area contributed by atoms with Crippen LogP contribution in [0, 0.1) is 0 Å². The molecule has 7 nitrogen and oxygen atoms in total.